The van der Waals surface area contributed by atoms with Crippen LogP contribution in [0, 0.1) is 12.8 Å². The predicted octanol–water partition coefficient (Wildman–Crippen LogP) is 2.49. The zero-order valence-electron chi connectivity index (χ0n) is 10.5. The predicted molar refractivity (Wildman–Crippen MR) is 68.3 cm³/mol. The Morgan fingerprint density at radius 1 is 1.31 bits per heavy atom. The average Bonchev–Trinajstić information content (AvgIpc) is 2.16. The number of aliphatic hydroxyl groups excluding tert-OH is 1. The van der Waals surface area contributed by atoms with Crippen LogP contribution in [0.4, 0.5) is 0 Å². The van der Waals surface area contributed by atoms with E-state index in [0.29, 0.717) is 5.92 Å². The van der Waals surface area contributed by atoms with Crippen molar-refractivity contribution in [3.63, 3.8) is 0 Å². The molecule has 2 N–H and O–H groups in total. The van der Waals surface area contributed by atoms with Gasteiger partial charge in [0.15, 0.2) is 0 Å². The number of nitrogens with one attached hydrogen (secondary N) is 1. The number of aryl methyl sites for hydroxylation is 1. The van der Waals surface area contributed by atoms with E-state index < -0.39 is 0 Å². The molecular weight excluding hydrogens is 198 g/mol. The highest BCUT2D eigenvalue weighted by Crippen LogP contribution is 2.06. The van der Waals surface area contributed by atoms with Crippen molar-refractivity contribution in [2.45, 2.75) is 39.8 Å². The SMILES string of the molecule is Cc1cccc(CNCC(C)CC(C)O)c1. The van der Waals surface area contributed by atoms with E-state index in [0.717, 1.165) is 19.5 Å². The number of aliphatic hydroxyl groups is 1. The summed E-state index contributed by atoms with van der Waals surface area (Å²) in [5.41, 5.74) is 2.63. The molecule has 2 nitrogen and oxygen atoms in total. The van der Waals surface area contributed by atoms with Gasteiger partial charge in [-0.3, -0.25) is 0 Å². The second-order valence-corrected chi connectivity index (χ2v) is 4.81. The molecule has 0 saturated carbocycles. The third-order valence-electron chi connectivity index (χ3n) is 2.65. The summed E-state index contributed by atoms with van der Waals surface area (Å²) in [7, 11) is 0. The monoisotopic (exact) mass is 221 g/mol. The van der Waals surface area contributed by atoms with Gasteiger partial charge in [-0.15, -0.1) is 0 Å². The molecule has 0 aliphatic heterocycles. The van der Waals surface area contributed by atoms with E-state index in [-0.39, 0.29) is 6.10 Å². The molecule has 0 bridgehead atoms. The van der Waals surface area contributed by atoms with Crippen LogP contribution in [0.15, 0.2) is 24.3 Å². The number of benzene rings is 1. The van der Waals surface area contributed by atoms with E-state index in [1.165, 1.54) is 11.1 Å². The summed E-state index contributed by atoms with van der Waals surface area (Å²) in [6, 6.07) is 8.54. The fraction of sp³-hybridized carbons (Fsp3) is 0.571. The second-order valence-electron chi connectivity index (χ2n) is 4.81. The van der Waals surface area contributed by atoms with E-state index in [1.807, 2.05) is 6.92 Å². The molecule has 1 aromatic carbocycles. The lowest BCUT2D eigenvalue weighted by atomic mass is 10.0. The molecule has 2 heteroatoms. The Morgan fingerprint density at radius 3 is 2.69 bits per heavy atom. The van der Waals surface area contributed by atoms with Crippen LogP contribution < -0.4 is 5.32 Å². The summed E-state index contributed by atoms with van der Waals surface area (Å²) >= 11 is 0. The maximum Gasteiger partial charge on any atom is 0.0515 e. The molecule has 0 fully saturated rings. The molecule has 0 heterocycles. The summed E-state index contributed by atoms with van der Waals surface area (Å²) in [5.74, 6) is 0.518. The van der Waals surface area contributed by atoms with Gasteiger partial charge >= 0.3 is 0 Å². The summed E-state index contributed by atoms with van der Waals surface area (Å²) in [6.07, 6.45) is 0.664. The van der Waals surface area contributed by atoms with Crippen LogP contribution in [0.1, 0.15) is 31.4 Å². The quantitative estimate of drug-likeness (QED) is 0.773. The van der Waals surface area contributed by atoms with Gasteiger partial charge in [0.2, 0.25) is 0 Å². The van der Waals surface area contributed by atoms with Gasteiger partial charge in [0.1, 0.15) is 0 Å². The van der Waals surface area contributed by atoms with Crippen molar-refractivity contribution in [3.05, 3.63) is 35.4 Å². The van der Waals surface area contributed by atoms with Crippen LogP contribution in [0.5, 0.6) is 0 Å². The van der Waals surface area contributed by atoms with Gasteiger partial charge in [-0.25, -0.2) is 0 Å². The summed E-state index contributed by atoms with van der Waals surface area (Å²) in [6.45, 7) is 7.98. The van der Waals surface area contributed by atoms with Crippen LogP contribution in [-0.4, -0.2) is 17.8 Å². The number of hydrogen-bond acceptors (Lipinski definition) is 2. The van der Waals surface area contributed by atoms with Crippen molar-refractivity contribution >= 4 is 0 Å². The molecule has 0 saturated heterocycles. The minimum absolute atomic E-state index is 0.198. The average molecular weight is 221 g/mol. The molecule has 16 heavy (non-hydrogen) atoms. The van der Waals surface area contributed by atoms with E-state index in [2.05, 4.69) is 43.4 Å². The Bertz CT molecular complexity index is 309. The molecule has 0 aliphatic rings. The maximum absolute atomic E-state index is 9.25. The topological polar surface area (TPSA) is 32.3 Å². The molecule has 0 amide bonds. The fourth-order valence-electron chi connectivity index (χ4n) is 1.95. The Kier molecular flexibility index (Phi) is 5.50. The second kappa shape index (κ2) is 6.66. The zero-order valence-corrected chi connectivity index (χ0v) is 10.5. The third-order valence-corrected chi connectivity index (χ3v) is 2.65. The summed E-state index contributed by atoms with van der Waals surface area (Å²) in [4.78, 5) is 0. The van der Waals surface area contributed by atoms with E-state index in [4.69, 9.17) is 0 Å². The van der Waals surface area contributed by atoms with Crippen molar-refractivity contribution in [3.8, 4) is 0 Å². The standard InChI is InChI=1S/C14H23NO/c1-11-5-4-6-14(8-11)10-15-9-12(2)7-13(3)16/h4-6,8,12-13,15-16H,7,9-10H2,1-3H3. The minimum Gasteiger partial charge on any atom is -0.393 e. The molecule has 1 rings (SSSR count). The Hall–Kier alpha value is -0.860. The van der Waals surface area contributed by atoms with Crippen LogP contribution in [0.25, 0.3) is 0 Å². The first-order chi connectivity index (χ1) is 7.58. The van der Waals surface area contributed by atoms with Crippen molar-refractivity contribution in [1.29, 1.82) is 0 Å². The van der Waals surface area contributed by atoms with Gasteiger partial charge in [0, 0.05) is 6.54 Å². The first kappa shape index (κ1) is 13.2. The first-order valence-electron chi connectivity index (χ1n) is 6.02. The van der Waals surface area contributed by atoms with Crippen LogP contribution in [0.2, 0.25) is 0 Å². The smallest absolute Gasteiger partial charge is 0.0515 e. The normalized spacial score (nSPS) is 14.8. The van der Waals surface area contributed by atoms with E-state index >= 15 is 0 Å². The fourth-order valence-corrected chi connectivity index (χ4v) is 1.95. The van der Waals surface area contributed by atoms with Crippen molar-refractivity contribution in [1.82, 2.24) is 5.32 Å². The lowest BCUT2D eigenvalue weighted by Gasteiger charge is -2.14. The van der Waals surface area contributed by atoms with Crippen molar-refractivity contribution < 1.29 is 5.11 Å². The Balaban J connectivity index is 2.25. The van der Waals surface area contributed by atoms with Crippen molar-refractivity contribution in [2.24, 2.45) is 5.92 Å². The van der Waals surface area contributed by atoms with Crippen LogP contribution in [0.3, 0.4) is 0 Å². The minimum atomic E-state index is -0.198. The maximum atomic E-state index is 9.25. The summed E-state index contributed by atoms with van der Waals surface area (Å²) < 4.78 is 0. The molecule has 0 aromatic heterocycles. The molecule has 0 spiro atoms. The molecule has 90 valence electrons. The number of rotatable bonds is 6. The Labute approximate surface area is 98.7 Å². The van der Waals surface area contributed by atoms with Gasteiger partial charge in [0.05, 0.1) is 6.10 Å². The van der Waals surface area contributed by atoms with Crippen LogP contribution >= 0.6 is 0 Å². The van der Waals surface area contributed by atoms with E-state index in [1.54, 1.807) is 0 Å². The lowest BCUT2D eigenvalue weighted by molar-refractivity contribution is 0.163. The molecule has 1 aromatic rings. The van der Waals surface area contributed by atoms with Crippen LogP contribution in [-0.2, 0) is 6.54 Å². The molecule has 2 atom stereocenters. The molecule has 2 unspecified atom stereocenters. The van der Waals surface area contributed by atoms with Gasteiger partial charge < -0.3 is 10.4 Å². The van der Waals surface area contributed by atoms with Gasteiger partial charge in [-0.05, 0) is 38.3 Å². The lowest BCUT2D eigenvalue weighted by Crippen LogP contribution is -2.23. The van der Waals surface area contributed by atoms with Gasteiger partial charge in [-0.2, -0.15) is 0 Å². The number of hydrogen-bond donors (Lipinski definition) is 2. The van der Waals surface area contributed by atoms with Gasteiger partial charge in [0.25, 0.3) is 0 Å². The Morgan fingerprint density at radius 2 is 2.06 bits per heavy atom. The van der Waals surface area contributed by atoms with Gasteiger partial charge in [-0.1, -0.05) is 36.8 Å². The third kappa shape index (κ3) is 5.29. The molecular formula is C14H23NO. The molecule has 0 radical (unpaired) electrons. The van der Waals surface area contributed by atoms with Crippen molar-refractivity contribution in [2.75, 3.05) is 6.54 Å². The highest BCUT2D eigenvalue weighted by atomic mass is 16.3. The largest absolute Gasteiger partial charge is 0.393 e. The zero-order chi connectivity index (χ0) is 12.0. The van der Waals surface area contributed by atoms with E-state index in [9.17, 15) is 5.11 Å². The highest BCUT2D eigenvalue weighted by Gasteiger charge is 2.05. The first-order valence-corrected chi connectivity index (χ1v) is 6.02. The molecule has 0 aliphatic carbocycles. The highest BCUT2D eigenvalue weighted by molar-refractivity contribution is 5.21. The summed E-state index contributed by atoms with van der Waals surface area (Å²) in [5, 5.41) is 12.7.